The van der Waals surface area contributed by atoms with Crippen molar-refractivity contribution < 1.29 is 14.6 Å². The van der Waals surface area contributed by atoms with Crippen molar-refractivity contribution >= 4 is 5.78 Å². The van der Waals surface area contributed by atoms with Gasteiger partial charge in [0.2, 0.25) is 0 Å². The number of methoxy groups -OCH3 is 1. The van der Waals surface area contributed by atoms with Crippen LogP contribution < -0.4 is 0 Å². The number of carbonyl (C=O) groups excluding carboxylic acids is 1. The molecule has 1 aliphatic rings. The Hall–Kier alpha value is -1.09. The van der Waals surface area contributed by atoms with Crippen molar-refractivity contribution in [1.82, 2.24) is 0 Å². The van der Waals surface area contributed by atoms with Crippen LogP contribution in [0, 0.1) is 0 Å². The average Bonchev–Trinajstić information content (AvgIpc) is 2.28. The molecule has 0 heterocycles. The number of Topliss-reactive ketones (excluding diaryl/α,β-unsaturated/α-hetero) is 1. The summed E-state index contributed by atoms with van der Waals surface area (Å²) in [7, 11) is 1.46. The molecule has 3 heteroatoms. The molecule has 1 rings (SSSR count). The molecular formula is C9H12O3. The van der Waals surface area contributed by atoms with Crippen LogP contribution in [0.4, 0.5) is 0 Å². The molecule has 0 spiro atoms. The Kier molecular flexibility index (Phi) is 2.65. The van der Waals surface area contributed by atoms with E-state index in [0.29, 0.717) is 17.8 Å². The molecule has 66 valence electrons. The molecule has 0 radical (unpaired) electrons. The average molecular weight is 168 g/mol. The zero-order valence-electron chi connectivity index (χ0n) is 7.04. The van der Waals surface area contributed by atoms with Crippen LogP contribution in [0.1, 0.15) is 12.8 Å². The van der Waals surface area contributed by atoms with E-state index < -0.39 is 6.10 Å². The lowest BCUT2D eigenvalue weighted by molar-refractivity contribution is -0.115. The van der Waals surface area contributed by atoms with Crippen molar-refractivity contribution in [2.45, 2.75) is 18.9 Å². The van der Waals surface area contributed by atoms with Gasteiger partial charge in [-0.3, -0.25) is 4.79 Å². The molecular weight excluding hydrogens is 156 g/mol. The van der Waals surface area contributed by atoms with Gasteiger partial charge in [0.25, 0.3) is 0 Å². The fourth-order valence-corrected chi connectivity index (χ4v) is 1.35. The predicted octanol–water partition coefficient (Wildman–Crippen LogP) is 0.797. The summed E-state index contributed by atoms with van der Waals surface area (Å²) in [5.74, 6) is 0.360. The topological polar surface area (TPSA) is 46.5 Å². The summed E-state index contributed by atoms with van der Waals surface area (Å²) in [5, 5.41) is 9.32. The van der Waals surface area contributed by atoms with E-state index in [2.05, 4.69) is 6.58 Å². The van der Waals surface area contributed by atoms with Crippen LogP contribution in [-0.4, -0.2) is 24.1 Å². The molecule has 0 amide bonds. The molecule has 0 aromatic rings. The molecule has 1 aliphatic carbocycles. The van der Waals surface area contributed by atoms with Gasteiger partial charge in [-0.1, -0.05) is 6.08 Å². The molecule has 3 nitrogen and oxygen atoms in total. The van der Waals surface area contributed by atoms with Crippen LogP contribution in [0.2, 0.25) is 0 Å². The zero-order valence-corrected chi connectivity index (χ0v) is 7.04. The van der Waals surface area contributed by atoms with Crippen LogP contribution in [0.25, 0.3) is 0 Å². The fourth-order valence-electron chi connectivity index (χ4n) is 1.35. The second-order valence-corrected chi connectivity index (χ2v) is 2.68. The van der Waals surface area contributed by atoms with Crippen molar-refractivity contribution in [3.63, 3.8) is 0 Å². The number of carbonyl (C=O) groups is 1. The molecule has 0 bridgehead atoms. The summed E-state index contributed by atoms with van der Waals surface area (Å²) in [6.07, 6.45) is 1.49. The first-order valence-corrected chi connectivity index (χ1v) is 3.80. The quantitative estimate of drug-likeness (QED) is 0.634. The smallest absolute Gasteiger partial charge is 0.165 e. The molecule has 0 aliphatic heterocycles. The minimum atomic E-state index is -0.752. The molecule has 12 heavy (non-hydrogen) atoms. The molecule has 0 aromatic carbocycles. The highest BCUT2D eigenvalue weighted by Gasteiger charge is 2.30. The number of ketones is 1. The number of ether oxygens (including phenoxy) is 1. The highest BCUT2D eigenvalue weighted by molar-refractivity contribution is 5.99. The van der Waals surface area contributed by atoms with Crippen LogP contribution >= 0.6 is 0 Å². The van der Waals surface area contributed by atoms with Gasteiger partial charge in [0.15, 0.2) is 5.78 Å². The Morgan fingerprint density at radius 3 is 3.00 bits per heavy atom. The van der Waals surface area contributed by atoms with E-state index >= 15 is 0 Å². The number of hydrogen-bond donors (Lipinski definition) is 1. The Bertz CT molecular complexity index is 240. The maximum absolute atomic E-state index is 11.2. The number of aliphatic hydroxyl groups excluding tert-OH is 1. The summed E-state index contributed by atoms with van der Waals surface area (Å²) in [6, 6.07) is 0. The second kappa shape index (κ2) is 3.54. The number of rotatable bonds is 3. The maximum Gasteiger partial charge on any atom is 0.165 e. The molecule has 0 saturated carbocycles. The van der Waals surface area contributed by atoms with Crippen molar-refractivity contribution in [3.8, 4) is 0 Å². The molecule has 1 N–H and O–H groups in total. The van der Waals surface area contributed by atoms with Crippen molar-refractivity contribution in [2.75, 3.05) is 7.11 Å². The highest BCUT2D eigenvalue weighted by Crippen LogP contribution is 2.26. The van der Waals surface area contributed by atoms with Gasteiger partial charge >= 0.3 is 0 Å². The van der Waals surface area contributed by atoms with Gasteiger partial charge in [0.1, 0.15) is 11.9 Å². The standard InChI is InChI=1S/C9H12O3/c1-3-4-6-7(10)5-8(11)9(6)12-2/h3,8,11H,1,4-5H2,2H3/t8-/m0/s1. The lowest BCUT2D eigenvalue weighted by Gasteiger charge is -2.06. The van der Waals surface area contributed by atoms with Crippen LogP contribution in [0.5, 0.6) is 0 Å². The lowest BCUT2D eigenvalue weighted by Crippen LogP contribution is -2.06. The van der Waals surface area contributed by atoms with Gasteiger partial charge in [0.05, 0.1) is 7.11 Å². The summed E-state index contributed by atoms with van der Waals surface area (Å²) in [5.41, 5.74) is 0.556. The Labute approximate surface area is 71.3 Å². The molecule has 1 atom stereocenters. The van der Waals surface area contributed by atoms with Gasteiger partial charge in [0, 0.05) is 12.0 Å². The van der Waals surface area contributed by atoms with E-state index in [-0.39, 0.29) is 12.2 Å². The van der Waals surface area contributed by atoms with E-state index in [1.165, 1.54) is 7.11 Å². The first-order chi connectivity index (χ1) is 5.70. The SMILES string of the molecule is C=CCC1=C(OC)[C@@H](O)CC1=O. The summed E-state index contributed by atoms with van der Waals surface area (Å²) in [6.45, 7) is 3.53. The molecule has 0 fully saturated rings. The molecule has 0 saturated heterocycles. The minimum absolute atomic E-state index is 0.0424. The first-order valence-electron chi connectivity index (χ1n) is 3.80. The van der Waals surface area contributed by atoms with E-state index in [9.17, 15) is 9.90 Å². The third-order valence-corrected chi connectivity index (χ3v) is 1.88. The van der Waals surface area contributed by atoms with E-state index in [4.69, 9.17) is 4.74 Å². The minimum Gasteiger partial charge on any atom is -0.498 e. The van der Waals surface area contributed by atoms with Crippen LogP contribution in [0.3, 0.4) is 0 Å². The third kappa shape index (κ3) is 1.41. The Morgan fingerprint density at radius 1 is 1.83 bits per heavy atom. The fraction of sp³-hybridized carbons (Fsp3) is 0.444. The Morgan fingerprint density at radius 2 is 2.50 bits per heavy atom. The van der Waals surface area contributed by atoms with Crippen molar-refractivity contribution in [3.05, 3.63) is 24.0 Å². The summed E-state index contributed by atoms with van der Waals surface area (Å²) >= 11 is 0. The highest BCUT2D eigenvalue weighted by atomic mass is 16.5. The third-order valence-electron chi connectivity index (χ3n) is 1.88. The first kappa shape index (κ1) is 9.00. The van der Waals surface area contributed by atoms with Crippen molar-refractivity contribution in [2.24, 2.45) is 0 Å². The van der Waals surface area contributed by atoms with Gasteiger partial charge in [-0.2, -0.15) is 0 Å². The number of aliphatic hydroxyl groups is 1. The van der Waals surface area contributed by atoms with Crippen LogP contribution in [-0.2, 0) is 9.53 Å². The zero-order chi connectivity index (χ0) is 9.14. The largest absolute Gasteiger partial charge is 0.498 e. The summed E-state index contributed by atoms with van der Waals surface area (Å²) < 4.78 is 4.92. The number of allylic oxidation sites excluding steroid dienone is 2. The normalized spacial score (nSPS) is 23.2. The maximum atomic E-state index is 11.2. The number of hydrogen-bond acceptors (Lipinski definition) is 3. The second-order valence-electron chi connectivity index (χ2n) is 2.68. The van der Waals surface area contributed by atoms with Crippen LogP contribution in [0.15, 0.2) is 24.0 Å². The van der Waals surface area contributed by atoms with E-state index in [0.717, 1.165) is 0 Å². The molecule has 0 unspecified atom stereocenters. The monoisotopic (exact) mass is 168 g/mol. The van der Waals surface area contributed by atoms with Gasteiger partial charge < -0.3 is 9.84 Å². The van der Waals surface area contributed by atoms with Crippen molar-refractivity contribution in [1.29, 1.82) is 0 Å². The molecule has 0 aromatic heterocycles. The van der Waals surface area contributed by atoms with E-state index in [1.54, 1.807) is 6.08 Å². The van der Waals surface area contributed by atoms with Gasteiger partial charge in [-0.05, 0) is 6.42 Å². The predicted molar refractivity (Wildman–Crippen MR) is 44.5 cm³/mol. The summed E-state index contributed by atoms with van der Waals surface area (Å²) in [4.78, 5) is 11.2. The van der Waals surface area contributed by atoms with E-state index in [1.807, 2.05) is 0 Å². The lowest BCUT2D eigenvalue weighted by atomic mass is 10.1. The van der Waals surface area contributed by atoms with Gasteiger partial charge in [-0.15, -0.1) is 6.58 Å². The Balaban J connectivity index is 2.92. The van der Waals surface area contributed by atoms with Gasteiger partial charge in [-0.25, -0.2) is 0 Å².